The van der Waals surface area contributed by atoms with E-state index in [1.54, 1.807) is 7.11 Å². The normalized spacial score (nSPS) is 17.6. The highest BCUT2D eigenvalue weighted by atomic mass is 16.5. The molecule has 0 atom stereocenters. The van der Waals surface area contributed by atoms with Crippen molar-refractivity contribution >= 4 is 17.4 Å². The van der Waals surface area contributed by atoms with E-state index in [-0.39, 0.29) is 17.9 Å². The Hall–Kier alpha value is -2.34. The second kappa shape index (κ2) is 8.57. The number of likely N-dealkylation sites (tertiary alicyclic amines) is 1. The van der Waals surface area contributed by atoms with Gasteiger partial charge in [0.1, 0.15) is 11.4 Å². The van der Waals surface area contributed by atoms with E-state index in [0.717, 1.165) is 37.2 Å². The molecule has 146 valence electrons. The highest BCUT2D eigenvalue weighted by Crippen LogP contribution is 2.34. The van der Waals surface area contributed by atoms with Crippen molar-refractivity contribution in [2.24, 2.45) is 0 Å². The lowest BCUT2D eigenvalue weighted by atomic mass is 10.0. The zero-order chi connectivity index (χ0) is 19.4. The van der Waals surface area contributed by atoms with Crippen molar-refractivity contribution in [2.75, 3.05) is 33.4 Å². The van der Waals surface area contributed by atoms with Crippen molar-refractivity contribution in [1.82, 2.24) is 9.80 Å². The zero-order valence-electron chi connectivity index (χ0n) is 16.4. The molecule has 2 aliphatic rings. The van der Waals surface area contributed by atoms with Crippen LogP contribution in [0.2, 0.25) is 0 Å². The molecule has 2 aliphatic heterocycles. The number of ether oxygens (including phenoxy) is 2. The summed E-state index contributed by atoms with van der Waals surface area (Å²) in [5.41, 5.74) is 1.82. The van der Waals surface area contributed by atoms with Gasteiger partial charge >= 0.3 is 0 Å². The highest BCUT2D eigenvalue weighted by molar-refractivity contribution is 6.35. The lowest BCUT2D eigenvalue weighted by Crippen LogP contribution is -2.35. The number of carbonyl (C=O) groups excluding carboxylic acids is 2. The minimum Gasteiger partial charge on any atom is -0.491 e. The van der Waals surface area contributed by atoms with E-state index in [9.17, 15) is 9.59 Å². The summed E-state index contributed by atoms with van der Waals surface area (Å²) in [4.78, 5) is 29.5. The molecule has 0 spiro atoms. The number of rotatable bonds is 8. The molecule has 27 heavy (non-hydrogen) atoms. The van der Waals surface area contributed by atoms with Crippen LogP contribution in [0.15, 0.2) is 30.0 Å². The van der Waals surface area contributed by atoms with Gasteiger partial charge in [0.15, 0.2) is 0 Å². The van der Waals surface area contributed by atoms with E-state index in [1.807, 2.05) is 38.1 Å². The number of methoxy groups -OCH3 is 1. The van der Waals surface area contributed by atoms with Gasteiger partial charge in [0.25, 0.3) is 11.8 Å². The average molecular weight is 372 g/mol. The average Bonchev–Trinajstić information content (AvgIpc) is 3.24. The maximum Gasteiger partial charge on any atom is 0.277 e. The van der Waals surface area contributed by atoms with Gasteiger partial charge in [0, 0.05) is 33.4 Å². The Morgan fingerprint density at radius 2 is 1.70 bits per heavy atom. The smallest absolute Gasteiger partial charge is 0.277 e. The first-order chi connectivity index (χ1) is 13.0. The molecule has 6 heteroatoms. The summed E-state index contributed by atoms with van der Waals surface area (Å²) >= 11 is 0. The Kier molecular flexibility index (Phi) is 6.16. The van der Waals surface area contributed by atoms with E-state index in [0.29, 0.717) is 30.8 Å². The van der Waals surface area contributed by atoms with E-state index >= 15 is 0 Å². The molecule has 1 saturated heterocycles. The van der Waals surface area contributed by atoms with E-state index in [4.69, 9.17) is 9.47 Å². The predicted molar refractivity (Wildman–Crippen MR) is 103 cm³/mol. The molecule has 0 aromatic heterocycles. The molecule has 0 radical (unpaired) electrons. The first kappa shape index (κ1) is 19.4. The van der Waals surface area contributed by atoms with Gasteiger partial charge in [-0.1, -0.05) is 12.1 Å². The van der Waals surface area contributed by atoms with Crippen LogP contribution in [0.1, 0.15) is 38.7 Å². The van der Waals surface area contributed by atoms with Gasteiger partial charge in [-0.3, -0.25) is 14.5 Å². The molecule has 0 unspecified atom stereocenters. The third-order valence-corrected chi connectivity index (χ3v) is 4.81. The molecule has 2 heterocycles. The standard InChI is InChI=1S/C21H28N2O4/c1-15(2)27-17-9-7-16(8-10-17)18-19(22-11-4-5-12-22)21(25)23(20(18)24)13-6-14-26-3/h7-10,15H,4-6,11-14H2,1-3H3. The summed E-state index contributed by atoms with van der Waals surface area (Å²) in [6, 6.07) is 7.45. The van der Waals surface area contributed by atoms with Gasteiger partial charge in [-0.25, -0.2) is 0 Å². The fraction of sp³-hybridized carbons (Fsp3) is 0.524. The molecule has 1 fully saturated rings. The van der Waals surface area contributed by atoms with Crippen LogP contribution in [-0.4, -0.2) is 61.1 Å². The zero-order valence-corrected chi connectivity index (χ0v) is 16.4. The Labute approximate surface area is 160 Å². The highest BCUT2D eigenvalue weighted by Gasteiger charge is 2.41. The number of hydrogen-bond acceptors (Lipinski definition) is 5. The lowest BCUT2D eigenvalue weighted by molar-refractivity contribution is -0.137. The summed E-state index contributed by atoms with van der Waals surface area (Å²) in [5, 5.41) is 0. The van der Waals surface area contributed by atoms with Gasteiger partial charge in [-0.05, 0) is 50.8 Å². The Morgan fingerprint density at radius 3 is 2.30 bits per heavy atom. The second-order valence-corrected chi connectivity index (χ2v) is 7.22. The van der Waals surface area contributed by atoms with Gasteiger partial charge in [-0.2, -0.15) is 0 Å². The molecule has 0 aliphatic carbocycles. The molecule has 0 bridgehead atoms. The first-order valence-corrected chi connectivity index (χ1v) is 9.64. The van der Waals surface area contributed by atoms with Gasteiger partial charge in [0.05, 0.1) is 11.7 Å². The Balaban J connectivity index is 1.91. The molecule has 3 rings (SSSR count). The summed E-state index contributed by atoms with van der Waals surface area (Å²) in [7, 11) is 1.62. The van der Waals surface area contributed by atoms with Crippen molar-refractivity contribution in [2.45, 2.75) is 39.2 Å². The second-order valence-electron chi connectivity index (χ2n) is 7.22. The van der Waals surface area contributed by atoms with Gasteiger partial charge in [-0.15, -0.1) is 0 Å². The van der Waals surface area contributed by atoms with Crippen LogP contribution in [0.25, 0.3) is 5.57 Å². The maximum absolute atomic E-state index is 13.1. The fourth-order valence-corrected chi connectivity index (χ4v) is 3.60. The van der Waals surface area contributed by atoms with Crippen molar-refractivity contribution < 1.29 is 19.1 Å². The number of nitrogens with zero attached hydrogens (tertiary/aromatic N) is 2. The topological polar surface area (TPSA) is 59.1 Å². The number of hydrogen-bond donors (Lipinski definition) is 0. The van der Waals surface area contributed by atoms with Crippen LogP contribution >= 0.6 is 0 Å². The monoisotopic (exact) mass is 372 g/mol. The maximum atomic E-state index is 13.1. The number of carbonyl (C=O) groups is 2. The van der Waals surface area contributed by atoms with Crippen molar-refractivity contribution in [3.63, 3.8) is 0 Å². The SMILES string of the molecule is COCCCN1C(=O)C(c2ccc(OC(C)C)cc2)=C(N2CCCC2)C1=O. The molecular formula is C21H28N2O4. The van der Waals surface area contributed by atoms with E-state index < -0.39 is 0 Å². The number of benzene rings is 1. The molecule has 6 nitrogen and oxygen atoms in total. The minimum absolute atomic E-state index is 0.0844. The lowest BCUT2D eigenvalue weighted by Gasteiger charge is -2.20. The van der Waals surface area contributed by atoms with Crippen molar-refractivity contribution in [3.8, 4) is 5.75 Å². The Morgan fingerprint density at radius 1 is 1.04 bits per heavy atom. The fourth-order valence-electron chi connectivity index (χ4n) is 3.60. The van der Waals surface area contributed by atoms with Crippen LogP contribution in [0, 0.1) is 0 Å². The van der Waals surface area contributed by atoms with E-state index in [2.05, 4.69) is 4.90 Å². The van der Waals surface area contributed by atoms with Crippen LogP contribution < -0.4 is 4.74 Å². The molecule has 0 N–H and O–H groups in total. The largest absolute Gasteiger partial charge is 0.491 e. The van der Waals surface area contributed by atoms with Crippen molar-refractivity contribution in [3.05, 3.63) is 35.5 Å². The summed E-state index contributed by atoms with van der Waals surface area (Å²) < 4.78 is 10.8. The molecule has 0 saturated carbocycles. The third-order valence-electron chi connectivity index (χ3n) is 4.81. The first-order valence-electron chi connectivity index (χ1n) is 9.64. The summed E-state index contributed by atoms with van der Waals surface area (Å²) in [5.74, 6) is 0.358. The van der Waals surface area contributed by atoms with Crippen LogP contribution in [-0.2, 0) is 14.3 Å². The molecule has 1 aromatic carbocycles. The molecule has 2 amide bonds. The predicted octanol–water partition coefficient (Wildman–Crippen LogP) is 2.69. The quantitative estimate of drug-likeness (QED) is 0.519. The third kappa shape index (κ3) is 4.16. The van der Waals surface area contributed by atoms with E-state index in [1.165, 1.54) is 4.90 Å². The summed E-state index contributed by atoms with van der Waals surface area (Å²) in [6.07, 6.45) is 2.81. The molecule has 1 aromatic rings. The number of imide groups is 1. The van der Waals surface area contributed by atoms with Crippen LogP contribution in [0.4, 0.5) is 0 Å². The van der Waals surface area contributed by atoms with Crippen LogP contribution in [0.5, 0.6) is 5.75 Å². The van der Waals surface area contributed by atoms with Gasteiger partial charge < -0.3 is 14.4 Å². The molecular weight excluding hydrogens is 344 g/mol. The number of amides is 2. The van der Waals surface area contributed by atoms with Crippen LogP contribution in [0.3, 0.4) is 0 Å². The minimum atomic E-state index is -0.212. The van der Waals surface area contributed by atoms with Crippen molar-refractivity contribution in [1.29, 1.82) is 0 Å². The summed E-state index contributed by atoms with van der Waals surface area (Å²) in [6.45, 7) is 6.47. The van der Waals surface area contributed by atoms with Gasteiger partial charge in [0.2, 0.25) is 0 Å². The Bertz CT molecular complexity index is 718.